The predicted molar refractivity (Wildman–Crippen MR) is 74.6 cm³/mol. The van der Waals surface area contributed by atoms with Crippen LogP contribution in [-0.2, 0) is 0 Å². The second-order valence-electron chi connectivity index (χ2n) is 3.89. The Labute approximate surface area is 110 Å². The molecule has 1 heterocycles. The smallest absolute Gasteiger partial charge is 0.271 e. The van der Waals surface area contributed by atoms with Gasteiger partial charge in [-0.1, -0.05) is 6.92 Å². The Hall–Kier alpha value is -0.590. The van der Waals surface area contributed by atoms with Gasteiger partial charge in [0, 0.05) is 17.2 Å². The van der Waals surface area contributed by atoms with Crippen LogP contribution in [0.1, 0.15) is 41.8 Å². The molecule has 96 valence electrons. The SMILES string of the molecule is CCC(CSC)NC(=O)c1csc(C(C)N)n1. The number of nitrogens with two attached hydrogens (primary N) is 1. The molecule has 2 atom stereocenters. The Morgan fingerprint density at radius 3 is 2.88 bits per heavy atom. The summed E-state index contributed by atoms with van der Waals surface area (Å²) in [6.45, 7) is 3.93. The second-order valence-corrected chi connectivity index (χ2v) is 5.69. The summed E-state index contributed by atoms with van der Waals surface area (Å²) >= 11 is 3.16. The average molecular weight is 273 g/mol. The number of hydrogen-bond acceptors (Lipinski definition) is 5. The van der Waals surface area contributed by atoms with Gasteiger partial charge in [-0.05, 0) is 19.6 Å². The van der Waals surface area contributed by atoms with Crippen LogP contribution < -0.4 is 11.1 Å². The zero-order chi connectivity index (χ0) is 12.8. The molecule has 3 N–H and O–H groups in total. The number of nitrogens with zero attached hydrogens (tertiary/aromatic N) is 1. The molecular formula is C11H19N3OS2. The van der Waals surface area contributed by atoms with Crippen LogP contribution in [0.15, 0.2) is 5.38 Å². The molecule has 6 heteroatoms. The third-order valence-corrected chi connectivity index (χ3v) is 4.12. The van der Waals surface area contributed by atoms with E-state index in [1.807, 2.05) is 13.2 Å². The van der Waals surface area contributed by atoms with E-state index in [2.05, 4.69) is 17.2 Å². The standard InChI is InChI=1S/C11H19N3OS2/c1-4-8(5-16-3)13-10(15)9-6-17-11(14-9)7(2)12/h6-8H,4-5,12H2,1-3H3,(H,13,15). The molecule has 0 saturated heterocycles. The molecule has 0 aliphatic carbocycles. The van der Waals surface area contributed by atoms with E-state index in [1.54, 1.807) is 17.1 Å². The maximum absolute atomic E-state index is 11.9. The van der Waals surface area contributed by atoms with Gasteiger partial charge in [0.05, 0.1) is 6.04 Å². The van der Waals surface area contributed by atoms with E-state index in [1.165, 1.54) is 11.3 Å². The molecule has 1 aromatic rings. The van der Waals surface area contributed by atoms with E-state index in [4.69, 9.17) is 5.73 Å². The van der Waals surface area contributed by atoms with E-state index >= 15 is 0 Å². The van der Waals surface area contributed by atoms with Gasteiger partial charge >= 0.3 is 0 Å². The molecule has 0 aromatic carbocycles. The first-order valence-electron chi connectivity index (χ1n) is 5.59. The first kappa shape index (κ1) is 14.5. The van der Waals surface area contributed by atoms with Crippen LogP contribution in [0.5, 0.6) is 0 Å². The highest BCUT2D eigenvalue weighted by atomic mass is 32.2. The Morgan fingerprint density at radius 2 is 2.41 bits per heavy atom. The van der Waals surface area contributed by atoms with Crippen molar-refractivity contribution in [2.24, 2.45) is 5.73 Å². The summed E-state index contributed by atoms with van der Waals surface area (Å²) < 4.78 is 0. The molecular weight excluding hydrogens is 254 g/mol. The van der Waals surface area contributed by atoms with Crippen molar-refractivity contribution in [3.8, 4) is 0 Å². The number of thiazole rings is 1. The lowest BCUT2D eigenvalue weighted by Gasteiger charge is -2.14. The van der Waals surface area contributed by atoms with Gasteiger partial charge in [-0.15, -0.1) is 11.3 Å². The minimum Gasteiger partial charge on any atom is -0.347 e. The number of carbonyl (C=O) groups excluding carboxylic acids is 1. The van der Waals surface area contributed by atoms with Crippen LogP contribution in [0.3, 0.4) is 0 Å². The Kier molecular flexibility index (Phi) is 5.94. The molecule has 2 unspecified atom stereocenters. The number of amides is 1. The van der Waals surface area contributed by atoms with Crippen molar-refractivity contribution >= 4 is 29.0 Å². The van der Waals surface area contributed by atoms with Gasteiger partial charge in [0.1, 0.15) is 10.7 Å². The lowest BCUT2D eigenvalue weighted by molar-refractivity contribution is 0.0935. The minimum atomic E-state index is -0.116. The normalized spacial score (nSPS) is 14.4. The van der Waals surface area contributed by atoms with Crippen molar-refractivity contribution in [2.45, 2.75) is 32.4 Å². The topological polar surface area (TPSA) is 68.0 Å². The summed E-state index contributed by atoms with van der Waals surface area (Å²) in [4.78, 5) is 16.1. The maximum Gasteiger partial charge on any atom is 0.271 e. The van der Waals surface area contributed by atoms with E-state index < -0.39 is 0 Å². The number of rotatable bonds is 6. The van der Waals surface area contributed by atoms with Crippen molar-refractivity contribution in [3.05, 3.63) is 16.1 Å². The summed E-state index contributed by atoms with van der Waals surface area (Å²) in [7, 11) is 0. The molecule has 0 saturated carbocycles. The fourth-order valence-corrected chi connectivity index (χ4v) is 2.80. The first-order chi connectivity index (χ1) is 8.08. The lowest BCUT2D eigenvalue weighted by atomic mass is 10.2. The molecule has 1 aromatic heterocycles. The second kappa shape index (κ2) is 6.98. The number of nitrogens with one attached hydrogen (secondary N) is 1. The van der Waals surface area contributed by atoms with E-state index in [0.29, 0.717) is 5.69 Å². The zero-order valence-electron chi connectivity index (χ0n) is 10.4. The molecule has 4 nitrogen and oxygen atoms in total. The van der Waals surface area contributed by atoms with E-state index in [9.17, 15) is 4.79 Å². The molecule has 1 rings (SSSR count). The largest absolute Gasteiger partial charge is 0.347 e. The summed E-state index contributed by atoms with van der Waals surface area (Å²) in [6, 6.07) is 0.0904. The molecule has 0 aliphatic rings. The minimum absolute atomic E-state index is 0.103. The van der Waals surface area contributed by atoms with Crippen molar-refractivity contribution in [1.29, 1.82) is 0 Å². The highest BCUT2D eigenvalue weighted by molar-refractivity contribution is 7.98. The van der Waals surface area contributed by atoms with Crippen molar-refractivity contribution in [3.63, 3.8) is 0 Å². The Morgan fingerprint density at radius 1 is 1.71 bits per heavy atom. The number of thioether (sulfide) groups is 1. The van der Waals surface area contributed by atoms with Crippen LogP contribution in [0, 0.1) is 0 Å². The maximum atomic E-state index is 11.9. The molecule has 0 radical (unpaired) electrons. The number of hydrogen-bond donors (Lipinski definition) is 2. The molecule has 17 heavy (non-hydrogen) atoms. The van der Waals surface area contributed by atoms with Crippen LogP contribution in [0.4, 0.5) is 0 Å². The van der Waals surface area contributed by atoms with Gasteiger partial charge in [-0.2, -0.15) is 11.8 Å². The zero-order valence-corrected chi connectivity index (χ0v) is 12.0. The van der Waals surface area contributed by atoms with E-state index in [0.717, 1.165) is 17.2 Å². The van der Waals surface area contributed by atoms with Crippen LogP contribution in [0.25, 0.3) is 0 Å². The monoisotopic (exact) mass is 273 g/mol. The number of carbonyl (C=O) groups is 1. The van der Waals surface area contributed by atoms with Crippen molar-refractivity contribution in [2.75, 3.05) is 12.0 Å². The summed E-state index contributed by atoms with van der Waals surface area (Å²) in [5.41, 5.74) is 6.19. The van der Waals surface area contributed by atoms with Gasteiger partial charge < -0.3 is 11.1 Å². The van der Waals surface area contributed by atoms with Gasteiger partial charge in [-0.3, -0.25) is 4.79 Å². The third kappa shape index (κ3) is 4.29. The van der Waals surface area contributed by atoms with Crippen LogP contribution in [0.2, 0.25) is 0 Å². The molecule has 0 fully saturated rings. The fourth-order valence-electron chi connectivity index (χ4n) is 1.32. The van der Waals surface area contributed by atoms with Crippen molar-refractivity contribution in [1.82, 2.24) is 10.3 Å². The van der Waals surface area contributed by atoms with E-state index in [-0.39, 0.29) is 18.0 Å². The third-order valence-electron chi connectivity index (χ3n) is 2.34. The summed E-state index contributed by atoms with van der Waals surface area (Å²) in [5.74, 6) is 0.820. The molecule has 0 spiro atoms. The molecule has 0 bridgehead atoms. The summed E-state index contributed by atoms with van der Waals surface area (Å²) in [6.07, 6.45) is 2.96. The summed E-state index contributed by atoms with van der Waals surface area (Å²) in [5, 5.41) is 5.54. The van der Waals surface area contributed by atoms with Gasteiger partial charge in [-0.25, -0.2) is 4.98 Å². The lowest BCUT2D eigenvalue weighted by Crippen LogP contribution is -2.36. The number of aromatic nitrogens is 1. The fraction of sp³-hybridized carbons (Fsp3) is 0.636. The van der Waals surface area contributed by atoms with Gasteiger partial charge in [0.2, 0.25) is 0 Å². The van der Waals surface area contributed by atoms with Gasteiger partial charge in [0.15, 0.2) is 0 Å². The average Bonchev–Trinajstić information content (AvgIpc) is 2.77. The van der Waals surface area contributed by atoms with Crippen LogP contribution >= 0.6 is 23.1 Å². The highest BCUT2D eigenvalue weighted by Gasteiger charge is 2.15. The quantitative estimate of drug-likeness (QED) is 0.832. The highest BCUT2D eigenvalue weighted by Crippen LogP contribution is 2.16. The predicted octanol–water partition coefficient (Wildman–Crippen LogP) is 2.03. The Balaban J connectivity index is 2.62. The van der Waals surface area contributed by atoms with Gasteiger partial charge in [0.25, 0.3) is 5.91 Å². The molecule has 1 amide bonds. The molecule has 0 aliphatic heterocycles. The first-order valence-corrected chi connectivity index (χ1v) is 7.86. The van der Waals surface area contributed by atoms with Crippen molar-refractivity contribution < 1.29 is 4.79 Å². The van der Waals surface area contributed by atoms with Crippen LogP contribution in [-0.4, -0.2) is 28.9 Å². The Bertz CT molecular complexity index is 365.